The number of hydrogen-bond acceptors (Lipinski definition) is 6. The third kappa shape index (κ3) is 2.76. The second kappa shape index (κ2) is 5.36. The van der Waals surface area contributed by atoms with Crippen molar-refractivity contribution in [3.63, 3.8) is 0 Å². The lowest BCUT2D eigenvalue weighted by molar-refractivity contribution is 0.392. The standard InChI is InChI=1S/C10H16N4OS/c1-15-9-5-8(13-10(14-9)16-2)12-7-3-4-11-6-7/h5,7,11H,3-4,6H2,1-2H3,(H,12,13,14). The van der Waals surface area contributed by atoms with Crippen molar-refractivity contribution in [2.75, 3.05) is 31.8 Å². The molecule has 6 heteroatoms. The molecule has 1 aromatic heterocycles. The molecule has 16 heavy (non-hydrogen) atoms. The van der Waals surface area contributed by atoms with E-state index in [2.05, 4.69) is 20.6 Å². The summed E-state index contributed by atoms with van der Waals surface area (Å²) in [5.41, 5.74) is 0. The van der Waals surface area contributed by atoms with Crippen LogP contribution in [0.2, 0.25) is 0 Å². The average molecular weight is 240 g/mol. The Morgan fingerprint density at radius 1 is 1.56 bits per heavy atom. The second-order valence-electron chi connectivity index (χ2n) is 3.62. The summed E-state index contributed by atoms with van der Waals surface area (Å²) < 4.78 is 5.14. The molecule has 1 unspecified atom stereocenters. The van der Waals surface area contributed by atoms with E-state index in [4.69, 9.17) is 4.74 Å². The summed E-state index contributed by atoms with van der Waals surface area (Å²) >= 11 is 1.51. The Labute approximate surface area is 99.4 Å². The second-order valence-corrected chi connectivity index (χ2v) is 4.39. The van der Waals surface area contributed by atoms with E-state index in [-0.39, 0.29) is 0 Å². The van der Waals surface area contributed by atoms with E-state index in [1.54, 1.807) is 7.11 Å². The summed E-state index contributed by atoms with van der Waals surface area (Å²) in [6, 6.07) is 2.28. The van der Waals surface area contributed by atoms with Gasteiger partial charge in [0.1, 0.15) is 5.82 Å². The fourth-order valence-corrected chi connectivity index (χ4v) is 2.03. The van der Waals surface area contributed by atoms with Crippen LogP contribution in [0.1, 0.15) is 6.42 Å². The van der Waals surface area contributed by atoms with Crippen LogP contribution in [0.25, 0.3) is 0 Å². The van der Waals surface area contributed by atoms with Crippen molar-refractivity contribution in [2.24, 2.45) is 0 Å². The zero-order valence-corrected chi connectivity index (χ0v) is 10.3. The van der Waals surface area contributed by atoms with E-state index < -0.39 is 0 Å². The van der Waals surface area contributed by atoms with E-state index in [1.165, 1.54) is 11.8 Å². The summed E-state index contributed by atoms with van der Waals surface area (Å²) in [5, 5.41) is 7.42. The molecule has 1 aromatic rings. The minimum atomic E-state index is 0.453. The van der Waals surface area contributed by atoms with Crippen molar-refractivity contribution in [1.82, 2.24) is 15.3 Å². The number of rotatable bonds is 4. The molecule has 1 atom stereocenters. The van der Waals surface area contributed by atoms with Gasteiger partial charge in [-0.2, -0.15) is 4.98 Å². The fourth-order valence-electron chi connectivity index (χ4n) is 1.66. The quantitative estimate of drug-likeness (QED) is 0.604. The Balaban J connectivity index is 2.12. The molecule has 2 heterocycles. The van der Waals surface area contributed by atoms with Crippen LogP contribution in [-0.2, 0) is 0 Å². The Hall–Kier alpha value is -1.01. The maximum atomic E-state index is 5.14. The van der Waals surface area contributed by atoms with Gasteiger partial charge >= 0.3 is 0 Å². The van der Waals surface area contributed by atoms with Crippen LogP contribution >= 0.6 is 11.8 Å². The van der Waals surface area contributed by atoms with Crippen molar-refractivity contribution < 1.29 is 4.74 Å². The highest BCUT2D eigenvalue weighted by Crippen LogP contribution is 2.19. The van der Waals surface area contributed by atoms with Gasteiger partial charge in [0, 0.05) is 18.7 Å². The molecule has 0 saturated carbocycles. The summed E-state index contributed by atoms with van der Waals surface area (Å²) in [6.07, 6.45) is 3.08. The van der Waals surface area contributed by atoms with Crippen LogP contribution in [0.5, 0.6) is 5.88 Å². The maximum Gasteiger partial charge on any atom is 0.219 e. The van der Waals surface area contributed by atoms with Gasteiger partial charge in [0.25, 0.3) is 0 Å². The first-order valence-electron chi connectivity index (χ1n) is 5.26. The molecule has 2 N–H and O–H groups in total. The van der Waals surface area contributed by atoms with E-state index in [0.29, 0.717) is 11.9 Å². The first kappa shape index (κ1) is 11.5. The molecule has 0 aromatic carbocycles. The smallest absolute Gasteiger partial charge is 0.219 e. The minimum Gasteiger partial charge on any atom is -0.481 e. The zero-order chi connectivity index (χ0) is 11.4. The third-order valence-electron chi connectivity index (χ3n) is 2.49. The Bertz CT molecular complexity index is 332. The predicted molar refractivity (Wildman–Crippen MR) is 65.3 cm³/mol. The minimum absolute atomic E-state index is 0.453. The van der Waals surface area contributed by atoms with Crippen LogP contribution in [-0.4, -0.2) is 42.5 Å². The van der Waals surface area contributed by atoms with Crippen LogP contribution < -0.4 is 15.4 Å². The molecule has 1 saturated heterocycles. The molecule has 1 aliphatic heterocycles. The number of anilines is 1. The van der Waals surface area contributed by atoms with Gasteiger partial charge in [-0.25, -0.2) is 4.98 Å². The number of methoxy groups -OCH3 is 1. The van der Waals surface area contributed by atoms with Crippen molar-refractivity contribution in [3.05, 3.63) is 6.07 Å². The van der Waals surface area contributed by atoms with Crippen molar-refractivity contribution in [2.45, 2.75) is 17.6 Å². The highest BCUT2D eigenvalue weighted by atomic mass is 32.2. The van der Waals surface area contributed by atoms with Gasteiger partial charge in [-0.1, -0.05) is 11.8 Å². The van der Waals surface area contributed by atoms with E-state index in [9.17, 15) is 0 Å². The van der Waals surface area contributed by atoms with Gasteiger partial charge in [-0.05, 0) is 19.2 Å². The van der Waals surface area contributed by atoms with Crippen LogP contribution in [0.3, 0.4) is 0 Å². The number of nitrogens with zero attached hydrogens (tertiary/aromatic N) is 2. The lowest BCUT2D eigenvalue weighted by Gasteiger charge is -2.13. The van der Waals surface area contributed by atoms with Gasteiger partial charge in [0.15, 0.2) is 5.16 Å². The van der Waals surface area contributed by atoms with Gasteiger partial charge < -0.3 is 15.4 Å². The molecule has 1 aliphatic rings. The number of ether oxygens (including phenoxy) is 1. The molecule has 0 bridgehead atoms. The molecule has 0 spiro atoms. The number of nitrogens with one attached hydrogen (secondary N) is 2. The number of aromatic nitrogens is 2. The number of hydrogen-bond donors (Lipinski definition) is 2. The van der Waals surface area contributed by atoms with Gasteiger partial charge in [-0.15, -0.1) is 0 Å². The van der Waals surface area contributed by atoms with Crippen LogP contribution in [0.4, 0.5) is 5.82 Å². The highest BCUT2D eigenvalue weighted by Gasteiger charge is 2.15. The molecule has 5 nitrogen and oxygen atoms in total. The van der Waals surface area contributed by atoms with E-state index in [0.717, 1.165) is 30.5 Å². The van der Waals surface area contributed by atoms with Gasteiger partial charge in [-0.3, -0.25) is 0 Å². The summed E-state index contributed by atoms with van der Waals surface area (Å²) in [7, 11) is 1.62. The molecule has 2 rings (SSSR count). The van der Waals surface area contributed by atoms with Crippen LogP contribution in [0, 0.1) is 0 Å². The Morgan fingerprint density at radius 2 is 2.44 bits per heavy atom. The van der Waals surface area contributed by atoms with Gasteiger partial charge in [0.05, 0.1) is 7.11 Å². The molecule has 1 fully saturated rings. The number of thioether (sulfide) groups is 1. The molecule has 0 radical (unpaired) electrons. The Kier molecular flexibility index (Phi) is 3.84. The van der Waals surface area contributed by atoms with Gasteiger partial charge in [0.2, 0.25) is 5.88 Å². The normalized spacial score (nSPS) is 19.8. The third-order valence-corrected chi connectivity index (χ3v) is 3.03. The summed E-state index contributed by atoms with van der Waals surface area (Å²) in [4.78, 5) is 8.62. The lowest BCUT2D eigenvalue weighted by Crippen LogP contribution is -2.22. The molecule has 0 amide bonds. The molecular formula is C10H16N4OS. The molecule has 0 aliphatic carbocycles. The molecular weight excluding hydrogens is 224 g/mol. The SMILES string of the molecule is COc1cc(NC2CCNC2)nc(SC)n1. The fraction of sp³-hybridized carbons (Fsp3) is 0.600. The monoisotopic (exact) mass is 240 g/mol. The zero-order valence-electron chi connectivity index (χ0n) is 9.49. The first-order valence-corrected chi connectivity index (χ1v) is 6.48. The molecule has 88 valence electrons. The maximum absolute atomic E-state index is 5.14. The Morgan fingerprint density at radius 3 is 3.06 bits per heavy atom. The lowest BCUT2D eigenvalue weighted by atomic mass is 10.2. The van der Waals surface area contributed by atoms with E-state index >= 15 is 0 Å². The van der Waals surface area contributed by atoms with Crippen molar-refractivity contribution in [3.8, 4) is 5.88 Å². The van der Waals surface area contributed by atoms with E-state index in [1.807, 2.05) is 12.3 Å². The van der Waals surface area contributed by atoms with Crippen molar-refractivity contribution >= 4 is 17.6 Å². The topological polar surface area (TPSA) is 59.1 Å². The predicted octanol–water partition coefficient (Wildman–Crippen LogP) is 0.981. The average Bonchev–Trinajstić information content (AvgIpc) is 2.81. The largest absolute Gasteiger partial charge is 0.481 e. The van der Waals surface area contributed by atoms with Crippen molar-refractivity contribution in [1.29, 1.82) is 0 Å². The summed E-state index contributed by atoms with van der Waals surface area (Å²) in [5.74, 6) is 1.44. The van der Waals surface area contributed by atoms with Crippen LogP contribution in [0.15, 0.2) is 11.2 Å². The highest BCUT2D eigenvalue weighted by molar-refractivity contribution is 7.98. The summed E-state index contributed by atoms with van der Waals surface area (Å²) in [6.45, 7) is 2.05. The first-order chi connectivity index (χ1) is 7.81.